The lowest BCUT2D eigenvalue weighted by atomic mass is 9.95. The van der Waals surface area contributed by atoms with Crippen LogP contribution in [-0.4, -0.2) is 23.0 Å². The SMILES string of the molecule is CCC(CC)C(C)NC(=O)C(C)=C(C)C(=O)O. The normalized spacial score (nSPS) is 14.2. The molecule has 1 atom stereocenters. The number of rotatable bonds is 6. The molecule has 0 radical (unpaired) electrons. The van der Waals surface area contributed by atoms with Gasteiger partial charge in [0.15, 0.2) is 0 Å². The number of carboxylic acid groups (broad SMARTS) is 1. The lowest BCUT2D eigenvalue weighted by Gasteiger charge is -2.22. The van der Waals surface area contributed by atoms with E-state index >= 15 is 0 Å². The second-order valence-electron chi connectivity index (χ2n) is 4.39. The minimum absolute atomic E-state index is 0.0639. The van der Waals surface area contributed by atoms with E-state index in [-0.39, 0.29) is 23.1 Å². The molecule has 0 saturated carbocycles. The van der Waals surface area contributed by atoms with Gasteiger partial charge in [-0.25, -0.2) is 4.79 Å². The highest BCUT2D eigenvalue weighted by Gasteiger charge is 2.18. The van der Waals surface area contributed by atoms with Gasteiger partial charge in [0.25, 0.3) is 0 Å². The van der Waals surface area contributed by atoms with Crippen molar-refractivity contribution in [2.24, 2.45) is 5.92 Å². The molecular formula is C13H23NO3. The van der Waals surface area contributed by atoms with Crippen molar-refractivity contribution >= 4 is 11.9 Å². The average Bonchev–Trinajstić information content (AvgIpc) is 2.28. The van der Waals surface area contributed by atoms with E-state index in [4.69, 9.17) is 5.11 Å². The molecule has 2 N–H and O–H groups in total. The first-order chi connectivity index (χ1) is 7.84. The molecule has 0 aromatic carbocycles. The van der Waals surface area contributed by atoms with Gasteiger partial charge >= 0.3 is 5.97 Å². The lowest BCUT2D eigenvalue weighted by Crippen LogP contribution is -2.38. The van der Waals surface area contributed by atoms with E-state index < -0.39 is 5.97 Å². The van der Waals surface area contributed by atoms with E-state index in [1.54, 1.807) is 6.92 Å². The van der Waals surface area contributed by atoms with Crippen LogP contribution < -0.4 is 5.32 Å². The smallest absolute Gasteiger partial charge is 0.331 e. The molecule has 1 unspecified atom stereocenters. The second-order valence-corrected chi connectivity index (χ2v) is 4.39. The van der Waals surface area contributed by atoms with E-state index in [9.17, 15) is 9.59 Å². The molecule has 0 aliphatic heterocycles. The maximum absolute atomic E-state index is 11.8. The van der Waals surface area contributed by atoms with Crippen LogP contribution in [0.5, 0.6) is 0 Å². The zero-order valence-electron chi connectivity index (χ0n) is 11.3. The number of carbonyl (C=O) groups excluding carboxylic acids is 1. The first kappa shape index (κ1) is 15.7. The van der Waals surface area contributed by atoms with E-state index in [2.05, 4.69) is 19.2 Å². The summed E-state index contributed by atoms with van der Waals surface area (Å²) in [4.78, 5) is 22.5. The number of amides is 1. The summed E-state index contributed by atoms with van der Waals surface area (Å²) in [6.45, 7) is 9.11. The largest absolute Gasteiger partial charge is 0.478 e. The molecule has 0 rings (SSSR count). The molecule has 98 valence electrons. The van der Waals surface area contributed by atoms with Gasteiger partial charge in [-0.3, -0.25) is 4.79 Å². The molecule has 0 spiro atoms. The second kappa shape index (κ2) is 7.09. The third-order valence-electron chi connectivity index (χ3n) is 3.34. The molecule has 0 saturated heterocycles. The van der Waals surface area contributed by atoms with Crippen LogP contribution in [0.1, 0.15) is 47.5 Å². The van der Waals surface area contributed by atoms with Gasteiger partial charge in [0.1, 0.15) is 0 Å². The Hall–Kier alpha value is -1.32. The van der Waals surface area contributed by atoms with Gasteiger partial charge < -0.3 is 10.4 Å². The summed E-state index contributed by atoms with van der Waals surface area (Å²) in [6, 6.07) is 0.0639. The summed E-state index contributed by atoms with van der Waals surface area (Å²) in [5.41, 5.74) is 0.370. The summed E-state index contributed by atoms with van der Waals surface area (Å²) < 4.78 is 0. The molecule has 1 amide bonds. The highest BCUT2D eigenvalue weighted by Crippen LogP contribution is 2.13. The molecule has 0 aliphatic rings. The maximum Gasteiger partial charge on any atom is 0.331 e. The fraction of sp³-hybridized carbons (Fsp3) is 0.692. The Bertz CT molecular complexity index is 317. The third-order valence-corrected chi connectivity index (χ3v) is 3.34. The van der Waals surface area contributed by atoms with Crippen LogP contribution in [0.4, 0.5) is 0 Å². The van der Waals surface area contributed by atoms with Crippen molar-refractivity contribution < 1.29 is 14.7 Å². The topological polar surface area (TPSA) is 66.4 Å². The molecule has 0 fully saturated rings. The number of nitrogens with one attached hydrogen (secondary N) is 1. The number of carboxylic acids is 1. The van der Waals surface area contributed by atoms with Crippen LogP contribution in [-0.2, 0) is 9.59 Å². The Kier molecular flexibility index (Phi) is 6.54. The zero-order chi connectivity index (χ0) is 13.6. The van der Waals surface area contributed by atoms with Crippen molar-refractivity contribution in [3.8, 4) is 0 Å². The highest BCUT2D eigenvalue weighted by molar-refractivity contribution is 6.01. The number of hydrogen-bond acceptors (Lipinski definition) is 2. The summed E-state index contributed by atoms with van der Waals surface area (Å²) >= 11 is 0. The van der Waals surface area contributed by atoms with Gasteiger partial charge in [0.05, 0.1) is 0 Å². The molecule has 0 aromatic rings. The minimum atomic E-state index is -1.05. The van der Waals surface area contributed by atoms with Gasteiger partial charge in [-0.2, -0.15) is 0 Å². The van der Waals surface area contributed by atoms with Crippen molar-refractivity contribution in [1.29, 1.82) is 0 Å². The maximum atomic E-state index is 11.8. The summed E-state index contributed by atoms with van der Waals surface area (Å²) in [5, 5.41) is 11.7. The van der Waals surface area contributed by atoms with Gasteiger partial charge in [-0.15, -0.1) is 0 Å². The molecule has 17 heavy (non-hydrogen) atoms. The highest BCUT2D eigenvalue weighted by atomic mass is 16.4. The predicted molar refractivity (Wildman–Crippen MR) is 67.7 cm³/mol. The van der Waals surface area contributed by atoms with Crippen molar-refractivity contribution in [2.75, 3.05) is 0 Å². The van der Waals surface area contributed by atoms with Gasteiger partial charge in [-0.05, 0) is 26.7 Å². The molecular weight excluding hydrogens is 218 g/mol. The third kappa shape index (κ3) is 4.59. The van der Waals surface area contributed by atoms with Gasteiger partial charge in [-0.1, -0.05) is 26.7 Å². The Morgan fingerprint density at radius 1 is 1.12 bits per heavy atom. The molecule has 0 aromatic heterocycles. The van der Waals surface area contributed by atoms with Gasteiger partial charge in [0.2, 0.25) is 5.91 Å². The van der Waals surface area contributed by atoms with Crippen LogP contribution in [0.25, 0.3) is 0 Å². The Balaban J connectivity index is 4.66. The van der Waals surface area contributed by atoms with E-state index in [1.807, 2.05) is 6.92 Å². The van der Waals surface area contributed by atoms with Crippen molar-refractivity contribution in [3.63, 3.8) is 0 Å². The average molecular weight is 241 g/mol. The predicted octanol–water partition coefficient (Wildman–Crippen LogP) is 2.35. The van der Waals surface area contributed by atoms with Crippen molar-refractivity contribution in [2.45, 2.75) is 53.5 Å². The van der Waals surface area contributed by atoms with Crippen LogP contribution >= 0.6 is 0 Å². The van der Waals surface area contributed by atoms with Gasteiger partial charge in [0, 0.05) is 17.2 Å². The molecule has 4 nitrogen and oxygen atoms in total. The summed E-state index contributed by atoms with van der Waals surface area (Å²) in [7, 11) is 0. The number of carbonyl (C=O) groups is 2. The Morgan fingerprint density at radius 3 is 1.94 bits per heavy atom. The first-order valence-electron chi connectivity index (χ1n) is 6.06. The lowest BCUT2D eigenvalue weighted by molar-refractivity contribution is -0.133. The van der Waals surface area contributed by atoms with Crippen LogP contribution in [0.2, 0.25) is 0 Å². The standard InChI is InChI=1S/C13H23NO3/c1-6-11(7-2)10(5)14-12(15)8(3)9(4)13(16)17/h10-11H,6-7H2,1-5H3,(H,14,15)(H,16,17). The Morgan fingerprint density at radius 2 is 1.59 bits per heavy atom. The summed E-state index contributed by atoms with van der Waals surface area (Å²) in [5.74, 6) is -0.908. The summed E-state index contributed by atoms with van der Waals surface area (Å²) in [6.07, 6.45) is 2.00. The quantitative estimate of drug-likeness (QED) is 0.701. The van der Waals surface area contributed by atoms with E-state index in [1.165, 1.54) is 6.92 Å². The van der Waals surface area contributed by atoms with E-state index in [0.29, 0.717) is 5.92 Å². The fourth-order valence-corrected chi connectivity index (χ4v) is 1.76. The number of aliphatic carboxylic acids is 1. The van der Waals surface area contributed by atoms with Crippen molar-refractivity contribution in [1.82, 2.24) is 5.32 Å². The molecule has 0 aliphatic carbocycles. The minimum Gasteiger partial charge on any atom is -0.478 e. The van der Waals surface area contributed by atoms with Crippen LogP contribution in [0.15, 0.2) is 11.1 Å². The first-order valence-corrected chi connectivity index (χ1v) is 6.06. The monoisotopic (exact) mass is 241 g/mol. The van der Waals surface area contributed by atoms with E-state index in [0.717, 1.165) is 12.8 Å². The molecule has 4 heteroatoms. The zero-order valence-corrected chi connectivity index (χ0v) is 11.3. The molecule has 0 bridgehead atoms. The fourth-order valence-electron chi connectivity index (χ4n) is 1.76. The molecule has 0 heterocycles. The Labute approximate surface area is 103 Å². The van der Waals surface area contributed by atoms with Crippen molar-refractivity contribution in [3.05, 3.63) is 11.1 Å². The number of hydrogen-bond donors (Lipinski definition) is 2. The van der Waals surface area contributed by atoms with Crippen LogP contribution in [0, 0.1) is 5.92 Å². The van der Waals surface area contributed by atoms with Crippen LogP contribution in [0.3, 0.4) is 0 Å².